The molecule has 2 N–H and O–H groups in total. The van der Waals surface area contributed by atoms with Gasteiger partial charge in [0.25, 0.3) is 0 Å². The molecule has 1 aliphatic heterocycles. The zero-order valence-corrected chi connectivity index (χ0v) is 16.2. The minimum Gasteiger partial charge on any atom is -0.368 e. The molecule has 150 valence electrons. The minimum atomic E-state index is -0.343. The van der Waals surface area contributed by atoms with Crippen molar-refractivity contribution in [1.29, 1.82) is 0 Å². The fourth-order valence-corrected chi connectivity index (χ4v) is 3.98. The summed E-state index contributed by atoms with van der Waals surface area (Å²) in [5.74, 6) is 0.666. The van der Waals surface area contributed by atoms with E-state index in [2.05, 4.69) is 44.9 Å². The van der Waals surface area contributed by atoms with Crippen molar-refractivity contribution < 1.29 is 9.18 Å². The van der Waals surface area contributed by atoms with Gasteiger partial charge in [-0.1, -0.05) is 0 Å². The third-order valence-corrected chi connectivity index (χ3v) is 5.77. The van der Waals surface area contributed by atoms with Crippen LogP contribution in [0.5, 0.6) is 0 Å². The number of tetrazole rings is 1. The van der Waals surface area contributed by atoms with Crippen LogP contribution >= 0.6 is 0 Å². The second-order valence-electron chi connectivity index (χ2n) is 7.95. The number of anilines is 1. The third-order valence-electron chi connectivity index (χ3n) is 5.77. The number of carbonyl (C=O) groups is 1. The lowest BCUT2D eigenvalue weighted by atomic mass is 10.1. The van der Waals surface area contributed by atoms with Crippen molar-refractivity contribution in [3.63, 3.8) is 0 Å². The Labute approximate surface area is 163 Å². The Hall–Kier alpha value is -2.55. The summed E-state index contributed by atoms with van der Waals surface area (Å²) in [4.78, 5) is 16.7. The van der Waals surface area contributed by atoms with Crippen molar-refractivity contribution in [2.24, 2.45) is 11.8 Å². The van der Waals surface area contributed by atoms with E-state index in [-0.39, 0.29) is 17.6 Å². The van der Waals surface area contributed by atoms with Crippen LogP contribution in [0.15, 0.2) is 18.2 Å². The molecule has 8 nitrogen and oxygen atoms in total. The molecule has 2 aliphatic rings. The monoisotopic (exact) mass is 387 g/mol. The molecule has 2 fully saturated rings. The highest BCUT2D eigenvalue weighted by atomic mass is 19.1. The Morgan fingerprint density at radius 1 is 1.39 bits per heavy atom. The highest BCUT2D eigenvalue weighted by Gasteiger charge is 2.34. The summed E-state index contributed by atoms with van der Waals surface area (Å²) in [6.45, 7) is 1.87. The van der Waals surface area contributed by atoms with Crippen molar-refractivity contribution in [2.75, 3.05) is 38.6 Å². The van der Waals surface area contributed by atoms with Crippen LogP contribution in [0.4, 0.5) is 10.1 Å². The molecular weight excluding hydrogens is 361 g/mol. The number of hydrogen-bond acceptors (Lipinski definition) is 6. The molecule has 1 aliphatic carbocycles. The van der Waals surface area contributed by atoms with Crippen LogP contribution < -0.4 is 10.2 Å². The van der Waals surface area contributed by atoms with Crippen molar-refractivity contribution in [3.8, 4) is 11.4 Å². The van der Waals surface area contributed by atoms with Crippen LogP contribution in [0.1, 0.15) is 19.3 Å². The van der Waals surface area contributed by atoms with Crippen LogP contribution in [-0.4, -0.2) is 71.2 Å². The van der Waals surface area contributed by atoms with Crippen LogP contribution in [0.3, 0.4) is 0 Å². The maximum Gasteiger partial charge on any atom is 0.225 e. The molecule has 1 amide bonds. The SMILES string of the molecule is CN(C)C(CNC(=O)C1CCN(c2ccc(-c3nn[nH]n3)cc2F)C1)C1CC1. The molecule has 2 atom stereocenters. The van der Waals surface area contributed by atoms with Crippen molar-refractivity contribution in [1.82, 2.24) is 30.8 Å². The van der Waals surface area contributed by atoms with Crippen LogP contribution in [0.2, 0.25) is 0 Å². The lowest BCUT2D eigenvalue weighted by molar-refractivity contribution is -0.124. The molecule has 0 bridgehead atoms. The number of nitrogens with zero attached hydrogens (tertiary/aromatic N) is 5. The Balaban J connectivity index is 1.35. The van der Waals surface area contributed by atoms with E-state index in [0.717, 1.165) is 6.42 Å². The Bertz CT molecular complexity index is 820. The van der Waals surface area contributed by atoms with Gasteiger partial charge in [-0.3, -0.25) is 4.79 Å². The normalized spacial score (nSPS) is 20.6. The zero-order chi connectivity index (χ0) is 19.7. The van der Waals surface area contributed by atoms with E-state index in [4.69, 9.17) is 0 Å². The summed E-state index contributed by atoms with van der Waals surface area (Å²) in [5.41, 5.74) is 1.07. The van der Waals surface area contributed by atoms with E-state index in [9.17, 15) is 9.18 Å². The predicted molar refractivity (Wildman–Crippen MR) is 103 cm³/mol. The first-order valence-corrected chi connectivity index (χ1v) is 9.75. The fraction of sp³-hybridized carbons (Fsp3) is 0.579. The van der Waals surface area contributed by atoms with Gasteiger partial charge in [0.15, 0.2) is 0 Å². The number of aromatic amines is 1. The molecule has 1 saturated carbocycles. The van der Waals surface area contributed by atoms with E-state index < -0.39 is 0 Å². The molecule has 2 heterocycles. The van der Waals surface area contributed by atoms with Crippen LogP contribution in [-0.2, 0) is 4.79 Å². The zero-order valence-electron chi connectivity index (χ0n) is 16.2. The lowest BCUT2D eigenvalue weighted by Gasteiger charge is -2.25. The first kappa shape index (κ1) is 18.8. The quantitative estimate of drug-likeness (QED) is 0.744. The molecule has 28 heavy (non-hydrogen) atoms. The summed E-state index contributed by atoms with van der Waals surface area (Å²) < 4.78 is 14.6. The van der Waals surface area contributed by atoms with E-state index in [1.807, 2.05) is 4.90 Å². The molecule has 1 aromatic heterocycles. The number of amides is 1. The first-order valence-electron chi connectivity index (χ1n) is 9.75. The minimum absolute atomic E-state index is 0.0684. The highest BCUT2D eigenvalue weighted by molar-refractivity contribution is 5.80. The lowest BCUT2D eigenvalue weighted by Crippen LogP contribution is -2.43. The fourth-order valence-electron chi connectivity index (χ4n) is 3.98. The maximum atomic E-state index is 14.6. The van der Waals surface area contributed by atoms with Gasteiger partial charge in [-0.2, -0.15) is 5.21 Å². The van der Waals surface area contributed by atoms with Gasteiger partial charge in [0.05, 0.1) is 11.6 Å². The smallest absolute Gasteiger partial charge is 0.225 e. The number of H-pyrrole nitrogens is 1. The number of aromatic nitrogens is 4. The van der Waals surface area contributed by atoms with Gasteiger partial charge >= 0.3 is 0 Å². The number of rotatable bonds is 7. The van der Waals surface area contributed by atoms with Gasteiger partial charge in [-0.15, -0.1) is 10.2 Å². The number of hydrogen-bond donors (Lipinski definition) is 2. The number of likely N-dealkylation sites (N-methyl/N-ethyl adjacent to an activating group) is 1. The molecule has 2 unspecified atom stereocenters. The highest BCUT2D eigenvalue weighted by Crippen LogP contribution is 2.34. The molecule has 2 aromatic rings. The molecule has 4 rings (SSSR count). The summed E-state index contributed by atoms with van der Waals surface area (Å²) >= 11 is 0. The van der Waals surface area contributed by atoms with E-state index in [1.54, 1.807) is 12.1 Å². The molecule has 9 heteroatoms. The second kappa shape index (κ2) is 7.83. The summed E-state index contributed by atoms with van der Waals surface area (Å²) in [5, 5.41) is 16.7. The summed E-state index contributed by atoms with van der Waals surface area (Å²) in [6.07, 6.45) is 3.22. The number of carbonyl (C=O) groups excluding carboxylic acids is 1. The molecule has 0 radical (unpaired) electrons. The van der Waals surface area contributed by atoms with Gasteiger partial charge in [0, 0.05) is 31.2 Å². The average Bonchev–Trinajstić information content (AvgIpc) is 3.16. The van der Waals surface area contributed by atoms with Crippen molar-refractivity contribution in [2.45, 2.75) is 25.3 Å². The topological polar surface area (TPSA) is 90.0 Å². The van der Waals surface area contributed by atoms with Crippen molar-refractivity contribution in [3.05, 3.63) is 24.0 Å². The third kappa shape index (κ3) is 3.99. The average molecular weight is 387 g/mol. The van der Waals surface area contributed by atoms with Crippen LogP contribution in [0.25, 0.3) is 11.4 Å². The molecule has 1 saturated heterocycles. The summed E-state index contributed by atoms with van der Waals surface area (Å²) in [7, 11) is 4.13. The van der Waals surface area contributed by atoms with Crippen LogP contribution in [0, 0.1) is 17.7 Å². The Morgan fingerprint density at radius 2 is 2.21 bits per heavy atom. The van der Waals surface area contributed by atoms with Gasteiger partial charge in [0.2, 0.25) is 11.7 Å². The molecular formula is C19H26FN7O. The number of halogens is 1. The second-order valence-corrected chi connectivity index (χ2v) is 7.95. The van der Waals surface area contributed by atoms with Gasteiger partial charge < -0.3 is 15.1 Å². The largest absolute Gasteiger partial charge is 0.368 e. The van der Waals surface area contributed by atoms with E-state index >= 15 is 0 Å². The predicted octanol–water partition coefficient (Wildman–Crippen LogP) is 1.29. The number of benzene rings is 1. The van der Waals surface area contributed by atoms with E-state index in [0.29, 0.717) is 48.7 Å². The van der Waals surface area contributed by atoms with Gasteiger partial charge in [-0.25, -0.2) is 4.39 Å². The number of nitrogens with one attached hydrogen (secondary N) is 2. The Kier molecular flexibility index (Phi) is 5.25. The maximum absolute atomic E-state index is 14.6. The first-order chi connectivity index (χ1) is 13.5. The molecule has 1 aromatic carbocycles. The van der Waals surface area contributed by atoms with E-state index in [1.165, 1.54) is 18.9 Å². The van der Waals surface area contributed by atoms with Gasteiger partial charge in [0.1, 0.15) is 5.82 Å². The summed E-state index contributed by atoms with van der Waals surface area (Å²) in [6, 6.07) is 5.30. The standard InChI is InChI=1S/C19H26FN7O/c1-26(2)17(12-3-4-12)10-21-19(28)14-7-8-27(11-14)16-6-5-13(9-15(16)20)18-22-24-25-23-18/h5-6,9,12,14,17H,3-4,7-8,10-11H2,1-2H3,(H,21,28)(H,22,23,24,25). The van der Waals surface area contributed by atoms with Crippen molar-refractivity contribution >= 4 is 11.6 Å². The van der Waals surface area contributed by atoms with Gasteiger partial charge in [-0.05, 0) is 62.7 Å². The molecule has 0 spiro atoms. The Morgan fingerprint density at radius 3 is 2.86 bits per heavy atom.